The van der Waals surface area contributed by atoms with Crippen LogP contribution in [0.3, 0.4) is 0 Å². The van der Waals surface area contributed by atoms with E-state index < -0.39 is 15.7 Å². The van der Waals surface area contributed by atoms with E-state index in [-0.39, 0.29) is 11.5 Å². The van der Waals surface area contributed by atoms with Gasteiger partial charge in [-0.1, -0.05) is 23.8 Å². The van der Waals surface area contributed by atoms with Crippen LogP contribution in [-0.4, -0.2) is 25.7 Å². The minimum absolute atomic E-state index is 0.0722. The van der Waals surface area contributed by atoms with Crippen molar-refractivity contribution in [2.45, 2.75) is 24.3 Å². The summed E-state index contributed by atoms with van der Waals surface area (Å²) in [5.41, 5.74) is -0.403. The molecule has 0 spiro atoms. The maximum absolute atomic E-state index is 11.7. The molecule has 4 nitrogen and oxygen atoms in total. The van der Waals surface area contributed by atoms with Gasteiger partial charge in [-0.15, -0.1) is 6.58 Å². The smallest absolute Gasteiger partial charge is 0.297 e. The Bertz CT molecular complexity index is 486. The number of rotatable bonds is 5. The fourth-order valence-corrected chi connectivity index (χ4v) is 2.03. The van der Waals surface area contributed by atoms with Crippen LogP contribution in [0.15, 0.2) is 41.8 Å². The highest BCUT2D eigenvalue weighted by molar-refractivity contribution is 7.86. The lowest BCUT2D eigenvalue weighted by molar-refractivity contribution is 0.0572. The van der Waals surface area contributed by atoms with Gasteiger partial charge >= 0.3 is 0 Å². The van der Waals surface area contributed by atoms with Gasteiger partial charge in [0.2, 0.25) is 0 Å². The summed E-state index contributed by atoms with van der Waals surface area (Å²) in [6.07, 6.45) is 1.23. The molecule has 1 N–H and O–H groups in total. The van der Waals surface area contributed by atoms with E-state index in [1.54, 1.807) is 12.1 Å². The van der Waals surface area contributed by atoms with Gasteiger partial charge in [-0.25, -0.2) is 0 Å². The third-order valence-corrected chi connectivity index (χ3v) is 3.53. The Morgan fingerprint density at radius 3 is 2.41 bits per heavy atom. The van der Waals surface area contributed by atoms with E-state index in [0.717, 1.165) is 5.56 Å². The van der Waals surface area contributed by atoms with Gasteiger partial charge in [0.1, 0.15) is 5.60 Å². The summed E-state index contributed by atoms with van der Waals surface area (Å²) in [4.78, 5) is 0.0722. The molecule has 0 radical (unpaired) electrons. The van der Waals surface area contributed by atoms with Crippen LogP contribution >= 0.6 is 0 Å². The second-order valence-electron chi connectivity index (χ2n) is 4.09. The molecule has 0 aliphatic rings. The van der Waals surface area contributed by atoms with Gasteiger partial charge in [0.25, 0.3) is 10.1 Å². The first-order chi connectivity index (χ1) is 7.77. The van der Waals surface area contributed by atoms with E-state index in [2.05, 4.69) is 6.58 Å². The van der Waals surface area contributed by atoms with Crippen LogP contribution in [0.1, 0.15) is 12.5 Å². The SMILES string of the molecule is C=C[C@@](C)(O)COS(=O)(=O)c1ccc(C)cc1. The second kappa shape index (κ2) is 5.00. The lowest BCUT2D eigenvalue weighted by Gasteiger charge is -2.17. The standard InChI is InChI=1S/C12H16O4S/c1-4-12(3,13)9-16-17(14,15)11-7-5-10(2)6-8-11/h4-8,13H,1,9H2,2-3H3/t12-/m1/s1. The molecule has 0 amide bonds. The zero-order valence-electron chi connectivity index (χ0n) is 9.88. The van der Waals surface area contributed by atoms with Crippen LogP contribution in [0.2, 0.25) is 0 Å². The predicted octanol–water partition coefficient (Wildman–Crippen LogP) is 1.64. The molecule has 17 heavy (non-hydrogen) atoms. The average molecular weight is 256 g/mol. The van der Waals surface area contributed by atoms with E-state index in [4.69, 9.17) is 4.18 Å². The second-order valence-corrected chi connectivity index (χ2v) is 5.71. The Morgan fingerprint density at radius 1 is 1.41 bits per heavy atom. The molecule has 0 saturated heterocycles. The molecule has 0 unspecified atom stereocenters. The first kappa shape index (κ1) is 13.9. The number of aliphatic hydroxyl groups is 1. The molecule has 0 fully saturated rings. The highest BCUT2D eigenvalue weighted by Crippen LogP contribution is 2.15. The summed E-state index contributed by atoms with van der Waals surface area (Å²) < 4.78 is 28.2. The maximum Gasteiger partial charge on any atom is 0.297 e. The molecular weight excluding hydrogens is 240 g/mol. The summed E-state index contributed by atoms with van der Waals surface area (Å²) in [5.74, 6) is 0. The molecule has 1 atom stereocenters. The normalized spacial score (nSPS) is 15.2. The van der Waals surface area contributed by atoms with Crippen LogP contribution < -0.4 is 0 Å². The molecule has 0 heterocycles. The van der Waals surface area contributed by atoms with Crippen LogP contribution in [0, 0.1) is 6.92 Å². The summed E-state index contributed by atoms with van der Waals surface area (Å²) in [5, 5.41) is 9.57. The maximum atomic E-state index is 11.7. The van der Waals surface area contributed by atoms with Crippen molar-refractivity contribution in [1.29, 1.82) is 0 Å². The van der Waals surface area contributed by atoms with Crippen molar-refractivity contribution in [2.24, 2.45) is 0 Å². The molecule has 5 heteroatoms. The van der Waals surface area contributed by atoms with Gasteiger partial charge in [-0.3, -0.25) is 4.18 Å². The van der Waals surface area contributed by atoms with Crippen molar-refractivity contribution in [3.05, 3.63) is 42.5 Å². The van der Waals surface area contributed by atoms with Crippen LogP contribution in [-0.2, 0) is 14.3 Å². The molecule has 0 bridgehead atoms. The molecule has 0 aliphatic heterocycles. The van der Waals surface area contributed by atoms with Crippen molar-refractivity contribution in [3.8, 4) is 0 Å². The Hall–Kier alpha value is -1.17. The first-order valence-corrected chi connectivity index (χ1v) is 6.50. The molecule has 0 aliphatic carbocycles. The fourth-order valence-electron chi connectivity index (χ4n) is 1.03. The third-order valence-electron chi connectivity index (χ3n) is 2.26. The topological polar surface area (TPSA) is 63.6 Å². The zero-order valence-corrected chi connectivity index (χ0v) is 10.7. The molecule has 0 aromatic heterocycles. The predicted molar refractivity (Wildman–Crippen MR) is 65.1 cm³/mol. The Balaban J connectivity index is 2.83. The minimum atomic E-state index is -3.83. The summed E-state index contributed by atoms with van der Waals surface area (Å²) in [7, 11) is -3.83. The highest BCUT2D eigenvalue weighted by atomic mass is 32.2. The fraction of sp³-hybridized carbons (Fsp3) is 0.333. The summed E-state index contributed by atoms with van der Waals surface area (Å²) in [6, 6.07) is 6.30. The van der Waals surface area contributed by atoms with E-state index in [1.807, 2.05) is 6.92 Å². The van der Waals surface area contributed by atoms with Crippen molar-refractivity contribution < 1.29 is 17.7 Å². The van der Waals surface area contributed by atoms with Crippen molar-refractivity contribution in [2.75, 3.05) is 6.61 Å². The van der Waals surface area contributed by atoms with Gasteiger partial charge in [0, 0.05) is 0 Å². The highest BCUT2D eigenvalue weighted by Gasteiger charge is 2.22. The Morgan fingerprint density at radius 2 is 1.94 bits per heavy atom. The van der Waals surface area contributed by atoms with E-state index in [0.29, 0.717) is 0 Å². The molecule has 1 aromatic carbocycles. The van der Waals surface area contributed by atoms with Crippen molar-refractivity contribution >= 4 is 10.1 Å². The molecule has 1 rings (SSSR count). The lowest BCUT2D eigenvalue weighted by Crippen LogP contribution is -2.29. The van der Waals surface area contributed by atoms with Crippen LogP contribution in [0.5, 0.6) is 0 Å². The monoisotopic (exact) mass is 256 g/mol. The quantitative estimate of drug-likeness (QED) is 0.642. The van der Waals surface area contributed by atoms with Crippen molar-refractivity contribution in [1.82, 2.24) is 0 Å². The Kier molecular flexibility index (Phi) is 4.08. The van der Waals surface area contributed by atoms with Gasteiger partial charge in [-0.05, 0) is 26.0 Å². The van der Waals surface area contributed by atoms with Gasteiger partial charge < -0.3 is 5.11 Å². The van der Waals surface area contributed by atoms with E-state index >= 15 is 0 Å². The zero-order chi connectivity index (χ0) is 13.1. The first-order valence-electron chi connectivity index (χ1n) is 5.09. The lowest BCUT2D eigenvalue weighted by atomic mass is 10.1. The van der Waals surface area contributed by atoms with E-state index in [9.17, 15) is 13.5 Å². The molecular formula is C12H16O4S. The molecule has 0 saturated carbocycles. The molecule has 94 valence electrons. The third kappa shape index (κ3) is 3.96. The van der Waals surface area contributed by atoms with Gasteiger partial charge in [0.05, 0.1) is 11.5 Å². The van der Waals surface area contributed by atoms with Crippen LogP contribution in [0.4, 0.5) is 0 Å². The summed E-state index contributed by atoms with van der Waals surface area (Å²) in [6.45, 7) is 6.32. The molecule has 1 aromatic rings. The number of benzene rings is 1. The van der Waals surface area contributed by atoms with Gasteiger partial charge in [0.15, 0.2) is 0 Å². The number of hydrogen-bond donors (Lipinski definition) is 1. The number of aryl methyl sites for hydroxylation is 1. The van der Waals surface area contributed by atoms with Gasteiger partial charge in [-0.2, -0.15) is 8.42 Å². The van der Waals surface area contributed by atoms with Crippen molar-refractivity contribution in [3.63, 3.8) is 0 Å². The number of hydrogen-bond acceptors (Lipinski definition) is 4. The average Bonchev–Trinajstić information content (AvgIpc) is 2.27. The Labute approximate surface area is 102 Å². The minimum Gasteiger partial charge on any atom is -0.384 e. The van der Waals surface area contributed by atoms with E-state index in [1.165, 1.54) is 25.1 Å². The largest absolute Gasteiger partial charge is 0.384 e. The van der Waals surface area contributed by atoms with Crippen LogP contribution in [0.25, 0.3) is 0 Å². The summed E-state index contributed by atoms with van der Waals surface area (Å²) >= 11 is 0.